The molecule has 122 valence electrons. The summed E-state index contributed by atoms with van der Waals surface area (Å²) in [6.45, 7) is 8.11. The lowest BCUT2D eigenvalue weighted by Gasteiger charge is -2.47. The van der Waals surface area contributed by atoms with Crippen LogP contribution in [0.1, 0.15) is 32.4 Å². The number of nitrogens with zero attached hydrogens (tertiary/aromatic N) is 2. The molecule has 22 heavy (non-hydrogen) atoms. The van der Waals surface area contributed by atoms with E-state index in [4.69, 9.17) is 0 Å². The third-order valence-electron chi connectivity index (χ3n) is 4.27. The van der Waals surface area contributed by atoms with Gasteiger partial charge in [0.2, 0.25) is 0 Å². The zero-order chi connectivity index (χ0) is 16.3. The lowest BCUT2D eigenvalue weighted by atomic mass is 9.80. The standard InChI is InChI=1S/C17H26N2O3/c1-17(2,3)15(13-7-5-4-6-8-13)18-9-10-19(16(21)22)14(11-18)12-20/h4-8,14-15,20H,9-12H2,1-3H3,(H,21,22). The van der Waals surface area contributed by atoms with E-state index < -0.39 is 6.09 Å². The first-order valence-electron chi connectivity index (χ1n) is 7.74. The van der Waals surface area contributed by atoms with Crippen LogP contribution in [-0.4, -0.2) is 58.4 Å². The quantitative estimate of drug-likeness (QED) is 0.900. The van der Waals surface area contributed by atoms with Gasteiger partial charge in [-0.1, -0.05) is 51.1 Å². The lowest BCUT2D eigenvalue weighted by Crippen LogP contribution is -2.58. The highest BCUT2D eigenvalue weighted by atomic mass is 16.4. The Kier molecular flexibility index (Phi) is 5.08. The SMILES string of the molecule is CC(C)(C)C(c1ccccc1)N1CCN(C(=O)O)C(CO)C1. The van der Waals surface area contributed by atoms with Crippen molar-refractivity contribution in [2.45, 2.75) is 32.9 Å². The first-order valence-corrected chi connectivity index (χ1v) is 7.74. The molecular formula is C17H26N2O3. The number of aliphatic hydroxyl groups is 1. The maximum absolute atomic E-state index is 11.3. The van der Waals surface area contributed by atoms with Crippen LogP contribution in [-0.2, 0) is 0 Å². The van der Waals surface area contributed by atoms with Crippen molar-refractivity contribution in [1.29, 1.82) is 0 Å². The summed E-state index contributed by atoms with van der Waals surface area (Å²) in [7, 11) is 0. The number of benzene rings is 1. The van der Waals surface area contributed by atoms with Gasteiger partial charge in [-0.05, 0) is 11.0 Å². The Morgan fingerprint density at radius 1 is 1.27 bits per heavy atom. The second-order valence-electron chi connectivity index (χ2n) is 6.99. The Morgan fingerprint density at radius 3 is 2.41 bits per heavy atom. The minimum absolute atomic E-state index is 0.0206. The van der Waals surface area contributed by atoms with Gasteiger partial charge in [0, 0.05) is 25.7 Å². The molecule has 1 aromatic rings. The largest absolute Gasteiger partial charge is 0.465 e. The highest BCUT2D eigenvalue weighted by Crippen LogP contribution is 2.38. The fraction of sp³-hybridized carbons (Fsp3) is 0.588. The molecule has 5 nitrogen and oxygen atoms in total. The molecule has 0 spiro atoms. The molecule has 1 aromatic carbocycles. The van der Waals surface area contributed by atoms with Crippen LogP contribution in [0.15, 0.2) is 30.3 Å². The van der Waals surface area contributed by atoms with Gasteiger partial charge in [0.15, 0.2) is 0 Å². The first-order chi connectivity index (χ1) is 10.3. The number of hydrogen-bond acceptors (Lipinski definition) is 3. The zero-order valence-corrected chi connectivity index (χ0v) is 13.6. The average Bonchev–Trinajstić information content (AvgIpc) is 2.46. The highest BCUT2D eigenvalue weighted by molar-refractivity contribution is 5.65. The van der Waals surface area contributed by atoms with E-state index in [-0.39, 0.29) is 24.1 Å². The molecule has 2 atom stereocenters. The molecule has 0 radical (unpaired) electrons. The number of piperazine rings is 1. The van der Waals surface area contributed by atoms with Crippen LogP contribution in [0.4, 0.5) is 4.79 Å². The third-order valence-corrected chi connectivity index (χ3v) is 4.27. The second kappa shape index (κ2) is 6.67. The topological polar surface area (TPSA) is 64.0 Å². The molecule has 2 N–H and O–H groups in total. The van der Waals surface area contributed by atoms with Gasteiger partial charge in [-0.15, -0.1) is 0 Å². The van der Waals surface area contributed by atoms with Crippen LogP contribution in [0.2, 0.25) is 0 Å². The van der Waals surface area contributed by atoms with Crippen molar-refractivity contribution in [2.24, 2.45) is 5.41 Å². The van der Waals surface area contributed by atoms with Crippen molar-refractivity contribution >= 4 is 6.09 Å². The van der Waals surface area contributed by atoms with E-state index in [0.717, 1.165) is 0 Å². The minimum Gasteiger partial charge on any atom is -0.465 e. The van der Waals surface area contributed by atoms with Gasteiger partial charge in [0.1, 0.15) is 0 Å². The summed E-state index contributed by atoms with van der Waals surface area (Å²) in [5, 5.41) is 18.8. The number of amides is 1. The molecule has 2 rings (SSSR count). The molecule has 1 aliphatic heterocycles. The van der Waals surface area contributed by atoms with E-state index in [1.54, 1.807) is 0 Å². The van der Waals surface area contributed by atoms with Gasteiger partial charge in [0.05, 0.1) is 12.6 Å². The summed E-state index contributed by atoms with van der Waals surface area (Å²) in [6, 6.07) is 10.1. The Bertz CT molecular complexity index is 498. The Morgan fingerprint density at radius 2 is 1.91 bits per heavy atom. The third kappa shape index (κ3) is 3.59. The molecular weight excluding hydrogens is 280 g/mol. The maximum Gasteiger partial charge on any atom is 0.407 e. The van der Waals surface area contributed by atoms with Crippen molar-refractivity contribution in [3.8, 4) is 0 Å². The van der Waals surface area contributed by atoms with E-state index in [1.807, 2.05) is 18.2 Å². The summed E-state index contributed by atoms with van der Waals surface area (Å²) in [5.41, 5.74) is 1.25. The Balaban J connectivity index is 2.25. The van der Waals surface area contributed by atoms with E-state index in [0.29, 0.717) is 19.6 Å². The fourth-order valence-electron chi connectivity index (χ4n) is 3.42. The maximum atomic E-state index is 11.3. The van der Waals surface area contributed by atoms with Gasteiger partial charge < -0.3 is 15.1 Å². The molecule has 0 aromatic heterocycles. The molecule has 1 saturated heterocycles. The number of carbonyl (C=O) groups is 1. The second-order valence-corrected chi connectivity index (χ2v) is 6.99. The summed E-state index contributed by atoms with van der Waals surface area (Å²) in [6.07, 6.45) is -0.953. The molecule has 1 fully saturated rings. The molecule has 5 heteroatoms. The number of hydrogen-bond donors (Lipinski definition) is 2. The van der Waals surface area contributed by atoms with Gasteiger partial charge >= 0.3 is 6.09 Å². The number of aliphatic hydroxyl groups excluding tert-OH is 1. The molecule has 1 amide bonds. The van der Waals surface area contributed by atoms with Crippen molar-refractivity contribution in [1.82, 2.24) is 9.80 Å². The zero-order valence-electron chi connectivity index (χ0n) is 13.6. The normalized spacial score (nSPS) is 21.6. The smallest absolute Gasteiger partial charge is 0.407 e. The average molecular weight is 306 g/mol. The predicted molar refractivity (Wildman–Crippen MR) is 85.8 cm³/mol. The highest BCUT2D eigenvalue weighted by Gasteiger charge is 2.38. The van der Waals surface area contributed by atoms with E-state index >= 15 is 0 Å². The van der Waals surface area contributed by atoms with Crippen LogP contribution in [0.25, 0.3) is 0 Å². The fourth-order valence-corrected chi connectivity index (χ4v) is 3.42. The monoisotopic (exact) mass is 306 g/mol. The lowest BCUT2D eigenvalue weighted by molar-refractivity contribution is -0.000710. The Hall–Kier alpha value is -1.59. The van der Waals surface area contributed by atoms with Crippen molar-refractivity contribution < 1.29 is 15.0 Å². The summed E-state index contributed by atoms with van der Waals surface area (Å²) >= 11 is 0. The van der Waals surface area contributed by atoms with Gasteiger partial charge in [0.25, 0.3) is 0 Å². The summed E-state index contributed by atoms with van der Waals surface area (Å²) < 4.78 is 0. The van der Waals surface area contributed by atoms with Crippen LogP contribution in [0, 0.1) is 5.41 Å². The molecule has 0 bridgehead atoms. The summed E-state index contributed by atoms with van der Waals surface area (Å²) in [5.74, 6) is 0. The van der Waals surface area contributed by atoms with E-state index in [1.165, 1.54) is 10.5 Å². The van der Waals surface area contributed by atoms with Gasteiger partial charge in [-0.25, -0.2) is 4.79 Å². The van der Waals surface area contributed by atoms with Gasteiger partial charge in [-0.2, -0.15) is 0 Å². The minimum atomic E-state index is -0.953. The summed E-state index contributed by atoms with van der Waals surface area (Å²) in [4.78, 5) is 14.9. The van der Waals surface area contributed by atoms with Crippen LogP contribution < -0.4 is 0 Å². The number of rotatable bonds is 3. The number of carboxylic acid groups (broad SMARTS) is 1. The van der Waals surface area contributed by atoms with Crippen LogP contribution in [0.5, 0.6) is 0 Å². The molecule has 1 heterocycles. The molecule has 2 unspecified atom stereocenters. The van der Waals surface area contributed by atoms with Gasteiger partial charge in [-0.3, -0.25) is 4.90 Å². The van der Waals surface area contributed by atoms with Crippen molar-refractivity contribution in [2.75, 3.05) is 26.2 Å². The van der Waals surface area contributed by atoms with Crippen LogP contribution in [0.3, 0.4) is 0 Å². The van der Waals surface area contributed by atoms with Crippen LogP contribution >= 0.6 is 0 Å². The molecule has 0 aliphatic carbocycles. The van der Waals surface area contributed by atoms with Crippen molar-refractivity contribution in [3.05, 3.63) is 35.9 Å². The first kappa shape index (κ1) is 16.8. The predicted octanol–water partition coefficient (Wildman–Crippen LogP) is 2.43. The molecule has 0 saturated carbocycles. The Labute approximate surface area is 132 Å². The van der Waals surface area contributed by atoms with E-state index in [9.17, 15) is 15.0 Å². The van der Waals surface area contributed by atoms with Crippen molar-refractivity contribution in [3.63, 3.8) is 0 Å². The molecule has 1 aliphatic rings. The van der Waals surface area contributed by atoms with E-state index in [2.05, 4.69) is 37.8 Å².